The van der Waals surface area contributed by atoms with E-state index in [2.05, 4.69) is 22.1 Å². The molecule has 0 bridgehead atoms. The van der Waals surface area contributed by atoms with Crippen LogP contribution in [-0.2, 0) is 6.42 Å². The second kappa shape index (κ2) is 3.95. The molecular formula is C15H15N3O. The van der Waals surface area contributed by atoms with Crippen molar-refractivity contribution in [1.82, 2.24) is 9.97 Å². The molecule has 2 heterocycles. The van der Waals surface area contributed by atoms with Crippen LogP contribution >= 0.6 is 0 Å². The molecule has 1 fully saturated rings. The number of nitrogens with zero attached hydrogens (tertiary/aromatic N) is 2. The first-order chi connectivity index (χ1) is 9.31. The Morgan fingerprint density at radius 1 is 1.21 bits per heavy atom. The first-order valence-electron chi connectivity index (χ1n) is 6.71. The highest BCUT2D eigenvalue weighted by molar-refractivity contribution is 5.71. The van der Waals surface area contributed by atoms with E-state index in [-0.39, 0.29) is 0 Å². The van der Waals surface area contributed by atoms with Crippen molar-refractivity contribution < 1.29 is 4.74 Å². The van der Waals surface area contributed by atoms with Crippen LogP contribution in [0.4, 0.5) is 5.82 Å². The van der Waals surface area contributed by atoms with Crippen LogP contribution in [0, 0.1) is 0 Å². The number of hydrogen-bond donors (Lipinski definition) is 1. The molecule has 0 saturated heterocycles. The Morgan fingerprint density at radius 2 is 2.11 bits per heavy atom. The summed E-state index contributed by atoms with van der Waals surface area (Å²) in [6.07, 6.45) is 3.32. The average molecular weight is 253 g/mol. The van der Waals surface area contributed by atoms with Gasteiger partial charge in [0.1, 0.15) is 17.4 Å². The maximum Gasteiger partial charge on any atom is 0.134 e. The molecule has 1 saturated carbocycles. The lowest BCUT2D eigenvalue weighted by Gasteiger charge is -2.09. The summed E-state index contributed by atoms with van der Waals surface area (Å²) in [5.74, 6) is 2.88. The summed E-state index contributed by atoms with van der Waals surface area (Å²) in [6, 6.07) is 8.04. The van der Waals surface area contributed by atoms with Crippen molar-refractivity contribution in [3.8, 4) is 17.0 Å². The number of fused-ring (bicyclic) bond motifs is 1. The van der Waals surface area contributed by atoms with Crippen LogP contribution in [0.1, 0.15) is 30.1 Å². The minimum absolute atomic E-state index is 0.500. The van der Waals surface area contributed by atoms with Gasteiger partial charge in [0.2, 0.25) is 0 Å². The lowest BCUT2D eigenvalue weighted by atomic mass is 10.1. The number of aromatic nitrogens is 2. The zero-order chi connectivity index (χ0) is 12.8. The summed E-state index contributed by atoms with van der Waals surface area (Å²) in [6.45, 7) is 0.752. The van der Waals surface area contributed by atoms with Crippen LogP contribution in [0.5, 0.6) is 5.75 Å². The zero-order valence-corrected chi connectivity index (χ0v) is 10.6. The lowest BCUT2D eigenvalue weighted by molar-refractivity contribution is 0.358. The van der Waals surface area contributed by atoms with Crippen LogP contribution in [-0.4, -0.2) is 16.6 Å². The number of para-hydroxylation sites is 1. The molecule has 0 spiro atoms. The fraction of sp³-hybridized carbons (Fsp3) is 0.333. The van der Waals surface area contributed by atoms with Crippen LogP contribution in [0.25, 0.3) is 11.3 Å². The van der Waals surface area contributed by atoms with Gasteiger partial charge < -0.3 is 10.5 Å². The topological polar surface area (TPSA) is 61.0 Å². The van der Waals surface area contributed by atoms with Gasteiger partial charge in [-0.05, 0) is 24.5 Å². The van der Waals surface area contributed by atoms with E-state index < -0.39 is 0 Å². The minimum Gasteiger partial charge on any atom is -0.492 e. The fourth-order valence-corrected chi connectivity index (χ4v) is 2.56. The predicted molar refractivity (Wildman–Crippen MR) is 73.1 cm³/mol. The van der Waals surface area contributed by atoms with Crippen molar-refractivity contribution in [3.63, 3.8) is 0 Å². The van der Waals surface area contributed by atoms with Crippen molar-refractivity contribution in [2.45, 2.75) is 25.2 Å². The van der Waals surface area contributed by atoms with E-state index >= 15 is 0 Å². The minimum atomic E-state index is 0.500. The van der Waals surface area contributed by atoms with Crippen LogP contribution in [0.3, 0.4) is 0 Å². The highest BCUT2D eigenvalue weighted by Gasteiger charge is 2.28. The van der Waals surface area contributed by atoms with Gasteiger partial charge in [0, 0.05) is 24.0 Å². The molecule has 1 aromatic carbocycles. The summed E-state index contributed by atoms with van der Waals surface area (Å²) < 4.78 is 5.74. The molecule has 1 aliphatic heterocycles. The Balaban J connectivity index is 1.86. The Morgan fingerprint density at radius 3 is 2.95 bits per heavy atom. The van der Waals surface area contributed by atoms with Crippen molar-refractivity contribution >= 4 is 5.82 Å². The van der Waals surface area contributed by atoms with Crippen LogP contribution in [0.2, 0.25) is 0 Å². The first-order valence-corrected chi connectivity index (χ1v) is 6.71. The third kappa shape index (κ3) is 1.84. The molecule has 0 atom stereocenters. The van der Waals surface area contributed by atoms with E-state index in [9.17, 15) is 0 Å². The van der Waals surface area contributed by atoms with E-state index in [4.69, 9.17) is 10.5 Å². The Kier molecular flexibility index (Phi) is 2.24. The van der Waals surface area contributed by atoms with Gasteiger partial charge in [-0.15, -0.1) is 0 Å². The molecular weight excluding hydrogens is 238 g/mol. The maximum absolute atomic E-state index is 5.92. The van der Waals surface area contributed by atoms with E-state index in [0.29, 0.717) is 11.7 Å². The number of ether oxygens (including phenoxy) is 1. The summed E-state index contributed by atoms with van der Waals surface area (Å²) in [7, 11) is 0. The van der Waals surface area contributed by atoms with Gasteiger partial charge in [0.25, 0.3) is 0 Å². The standard InChI is InChI=1S/C15H15N3O/c16-13-8-12(17-15(18-13)10-4-5-10)11-3-1-2-9-6-7-19-14(9)11/h1-3,8,10H,4-7H2,(H2,16,17,18). The molecule has 1 aliphatic carbocycles. The predicted octanol–water partition coefficient (Wildman–Crippen LogP) is 2.54. The first kappa shape index (κ1) is 10.8. The van der Waals surface area contributed by atoms with Crippen molar-refractivity contribution in [2.75, 3.05) is 12.3 Å². The molecule has 96 valence electrons. The number of anilines is 1. The highest BCUT2D eigenvalue weighted by atomic mass is 16.5. The summed E-state index contributed by atoms with van der Waals surface area (Å²) in [4.78, 5) is 9.01. The van der Waals surface area contributed by atoms with Gasteiger partial charge in [0.05, 0.1) is 12.3 Å². The second-order valence-corrected chi connectivity index (χ2v) is 5.20. The normalized spacial score (nSPS) is 17.1. The summed E-state index contributed by atoms with van der Waals surface area (Å²) >= 11 is 0. The molecule has 1 aromatic heterocycles. The Hall–Kier alpha value is -2.10. The zero-order valence-electron chi connectivity index (χ0n) is 10.6. The number of rotatable bonds is 2. The van der Waals surface area contributed by atoms with Crippen LogP contribution in [0.15, 0.2) is 24.3 Å². The number of nitrogens with two attached hydrogens (primary N) is 1. The largest absolute Gasteiger partial charge is 0.492 e. The third-order valence-corrected chi connectivity index (χ3v) is 3.70. The Bertz CT molecular complexity index is 650. The van der Waals surface area contributed by atoms with E-state index in [1.165, 1.54) is 18.4 Å². The summed E-state index contributed by atoms with van der Waals surface area (Å²) in [5.41, 5.74) is 9.08. The van der Waals surface area contributed by atoms with Gasteiger partial charge >= 0.3 is 0 Å². The van der Waals surface area contributed by atoms with Crippen molar-refractivity contribution in [2.24, 2.45) is 0 Å². The van der Waals surface area contributed by atoms with E-state index in [1.54, 1.807) is 0 Å². The van der Waals surface area contributed by atoms with Crippen molar-refractivity contribution in [3.05, 3.63) is 35.7 Å². The molecule has 19 heavy (non-hydrogen) atoms. The average Bonchev–Trinajstić information content (AvgIpc) is 3.15. The molecule has 0 unspecified atom stereocenters. The Labute approximate surface area is 111 Å². The second-order valence-electron chi connectivity index (χ2n) is 5.20. The van der Waals surface area contributed by atoms with Crippen molar-refractivity contribution in [1.29, 1.82) is 0 Å². The van der Waals surface area contributed by atoms with Gasteiger partial charge in [0.15, 0.2) is 0 Å². The monoisotopic (exact) mass is 253 g/mol. The van der Waals surface area contributed by atoms with Gasteiger partial charge in [-0.2, -0.15) is 0 Å². The molecule has 4 heteroatoms. The van der Waals surface area contributed by atoms with E-state index in [1.807, 2.05) is 12.1 Å². The summed E-state index contributed by atoms with van der Waals surface area (Å²) in [5, 5.41) is 0. The van der Waals surface area contributed by atoms with Gasteiger partial charge in [-0.1, -0.05) is 12.1 Å². The molecule has 4 nitrogen and oxygen atoms in total. The SMILES string of the molecule is Nc1cc(-c2cccc3c2OCC3)nc(C2CC2)n1. The van der Waals surface area contributed by atoms with Crippen LogP contribution < -0.4 is 10.5 Å². The maximum atomic E-state index is 5.92. The fourth-order valence-electron chi connectivity index (χ4n) is 2.56. The molecule has 2 aromatic rings. The molecule has 0 amide bonds. The smallest absolute Gasteiger partial charge is 0.134 e. The number of nitrogen functional groups attached to an aromatic ring is 1. The van der Waals surface area contributed by atoms with Gasteiger partial charge in [-0.25, -0.2) is 9.97 Å². The lowest BCUT2D eigenvalue weighted by Crippen LogP contribution is -2.00. The number of benzene rings is 1. The highest BCUT2D eigenvalue weighted by Crippen LogP contribution is 2.41. The molecule has 2 N–H and O–H groups in total. The third-order valence-electron chi connectivity index (χ3n) is 3.70. The van der Waals surface area contributed by atoms with E-state index in [0.717, 1.165) is 35.9 Å². The molecule has 2 aliphatic rings. The quantitative estimate of drug-likeness (QED) is 0.893. The number of hydrogen-bond acceptors (Lipinski definition) is 4. The molecule has 0 radical (unpaired) electrons. The van der Waals surface area contributed by atoms with Gasteiger partial charge in [-0.3, -0.25) is 0 Å². The molecule has 4 rings (SSSR count).